The second-order valence-electron chi connectivity index (χ2n) is 4.96. The summed E-state index contributed by atoms with van der Waals surface area (Å²) < 4.78 is 6.42. The van der Waals surface area contributed by atoms with Crippen LogP contribution < -0.4 is 10.2 Å². The maximum atomic E-state index is 5.29. The summed E-state index contributed by atoms with van der Waals surface area (Å²) in [5.74, 6) is 0. The summed E-state index contributed by atoms with van der Waals surface area (Å²) in [6.45, 7) is 7.07. The monoisotopic (exact) mass is 342 g/mol. The van der Waals surface area contributed by atoms with E-state index in [0.29, 0.717) is 6.04 Å². The lowest BCUT2D eigenvalue weighted by molar-refractivity contribution is 0.202. The highest BCUT2D eigenvalue weighted by molar-refractivity contribution is 9.10. The number of methoxy groups -OCH3 is 1. The molecular weight excluding hydrogens is 316 g/mol. The average molecular weight is 343 g/mol. The van der Waals surface area contributed by atoms with E-state index in [4.69, 9.17) is 4.74 Å². The Kier molecular flexibility index (Phi) is 8.19. The number of hydrogen-bond donors (Lipinski definition) is 1. The molecule has 114 valence electrons. The van der Waals surface area contributed by atoms with Crippen LogP contribution in [0.4, 0.5) is 5.69 Å². The molecule has 0 spiro atoms. The van der Waals surface area contributed by atoms with E-state index in [0.717, 1.165) is 37.0 Å². The van der Waals surface area contributed by atoms with Gasteiger partial charge in [0.25, 0.3) is 0 Å². The molecule has 0 bridgehead atoms. The molecular formula is C16H27BrN2O. The Morgan fingerprint density at radius 1 is 1.30 bits per heavy atom. The van der Waals surface area contributed by atoms with E-state index in [1.807, 2.05) is 7.05 Å². The lowest BCUT2D eigenvalue weighted by Gasteiger charge is -2.34. The van der Waals surface area contributed by atoms with Crippen LogP contribution in [0.25, 0.3) is 0 Å². The van der Waals surface area contributed by atoms with Gasteiger partial charge in [-0.05, 0) is 43.7 Å². The zero-order valence-corrected chi connectivity index (χ0v) is 14.7. The summed E-state index contributed by atoms with van der Waals surface area (Å²) >= 11 is 3.57. The maximum Gasteiger partial charge on any atom is 0.0637 e. The summed E-state index contributed by atoms with van der Waals surface area (Å²) in [5.41, 5.74) is 2.64. The Balaban J connectivity index is 3.10. The minimum absolute atomic E-state index is 0.557. The molecule has 0 heterocycles. The van der Waals surface area contributed by atoms with Crippen LogP contribution in [0.1, 0.15) is 32.3 Å². The van der Waals surface area contributed by atoms with Crippen molar-refractivity contribution >= 4 is 21.6 Å². The minimum Gasteiger partial charge on any atom is -0.383 e. The van der Waals surface area contributed by atoms with E-state index in [9.17, 15) is 0 Å². The summed E-state index contributed by atoms with van der Waals surface area (Å²) in [6.07, 6.45) is 2.30. The molecule has 1 rings (SSSR count). The van der Waals surface area contributed by atoms with Crippen LogP contribution in [0.15, 0.2) is 22.7 Å². The Bertz CT molecular complexity index is 394. The van der Waals surface area contributed by atoms with Gasteiger partial charge in [0.2, 0.25) is 0 Å². The second kappa shape index (κ2) is 9.37. The van der Waals surface area contributed by atoms with Gasteiger partial charge < -0.3 is 15.0 Å². The Hall–Kier alpha value is -0.580. The first-order valence-corrected chi connectivity index (χ1v) is 8.15. The number of nitrogens with one attached hydrogen (secondary N) is 1. The van der Waals surface area contributed by atoms with Gasteiger partial charge in [-0.25, -0.2) is 0 Å². The van der Waals surface area contributed by atoms with Crippen molar-refractivity contribution in [2.24, 2.45) is 0 Å². The lowest BCUT2D eigenvalue weighted by atomic mass is 10.1. The van der Waals surface area contributed by atoms with Crippen molar-refractivity contribution in [1.82, 2.24) is 5.32 Å². The fourth-order valence-electron chi connectivity index (χ4n) is 2.59. The van der Waals surface area contributed by atoms with Gasteiger partial charge >= 0.3 is 0 Å². The van der Waals surface area contributed by atoms with Crippen molar-refractivity contribution < 1.29 is 4.74 Å². The smallest absolute Gasteiger partial charge is 0.0637 e. The van der Waals surface area contributed by atoms with Crippen molar-refractivity contribution in [2.75, 3.05) is 32.2 Å². The fraction of sp³-hybridized carbons (Fsp3) is 0.625. The fourth-order valence-corrected chi connectivity index (χ4v) is 2.99. The highest BCUT2D eigenvalue weighted by Gasteiger charge is 2.18. The van der Waals surface area contributed by atoms with Crippen LogP contribution in [0.5, 0.6) is 0 Å². The Morgan fingerprint density at radius 2 is 2.00 bits per heavy atom. The van der Waals surface area contributed by atoms with Gasteiger partial charge in [0.05, 0.1) is 6.61 Å². The summed E-state index contributed by atoms with van der Waals surface area (Å²) in [5, 5.41) is 3.26. The largest absolute Gasteiger partial charge is 0.383 e. The normalized spacial score (nSPS) is 11.1. The molecule has 0 atom stereocenters. The second-order valence-corrected chi connectivity index (χ2v) is 5.88. The quantitative estimate of drug-likeness (QED) is 0.738. The van der Waals surface area contributed by atoms with E-state index < -0.39 is 0 Å². The molecule has 4 heteroatoms. The van der Waals surface area contributed by atoms with Crippen LogP contribution in [0.2, 0.25) is 0 Å². The van der Waals surface area contributed by atoms with Crippen molar-refractivity contribution in [3.8, 4) is 0 Å². The van der Waals surface area contributed by atoms with Crippen molar-refractivity contribution in [2.45, 2.75) is 39.3 Å². The molecule has 1 N–H and O–H groups in total. The van der Waals surface area contributed by atoms with Gasteiger partial charge in [-0.3, -0.25) is 0 Å². The van der Waals surface area contributed by atoms with Crippen LogP contribution in [0.3, 0.4) is 0 Å². The number of halogens is 1. The molecule has 0 aliphatic carbocycles. The summed E-state index contributed by atoms with van der Waals surface area (Å²) in [6, 6.07) is 7.09. The first kappa shape index (κ1) is 17.5. The van der Waals surface area contributed by atoms with Crippen molar-refractivity contribution in [3.05, 3.63) is 28.2 Å². The molecule has 0 radical (unpaired) electrons. The molecule has 0 saturated heterocycles. The van der Waals surface area contributed by atoms with Gasteiger partial charge in [0.15, 0.2) is 0 Å². The standard InChI is InChI=1S/C16H27BrN2O/c1-5-15(6-2)19(9-10-20-4)16-8-7-14(17)11-13(16)12-18-3/h7-8,11,15,18H,5-6,9-10,12H2,1-4H3. The zero-order valence-electron chi connectivity index (χ0n) is 13.1. The number of rotatable bonds is 9. The van der Waals surface area contributed by atoms with Gasteiger partial charge in [-0.15, -0.1) is 0 Å². The van der Waals surface area contributed by atoms with E-state index >= 15 is 0 Å². The number of hydrogen-bond acceptors (Lipinski definition) is 3. The highest BCUT2D eigenvalue weighted by Crippen LogP contribution is 2.27. The molecule has 1 aromatic carbocycles. The molecule has 0 fully saturated rings. The molecule has 0 saturated carbocycles. The summed E-state index contributed by atoms with van der Waals surface area (Å²) in [7, 11) is 3.75. The van der Waals surface area contributed by atoms with E-state index in [2.05, 4.69) is 58.2 Å². The lowest BCUT2D eigenvalue weighted by Crippen LogP contribution is -2.38. The van der Waals surface area contributed by atoms with Gasteiger partial charge in [0.1, 0.15) is 0 Å². The predicted molar refractivity (Wildman–Crippen MR) is 90.5 cm³/mol. The van der Waals surface area contributed by atoms with Gasteiger partial charge in [-0.1, -0.05) is 29.8 Å². The van der Waals surface area contributed by atoms with E-state index in [1.54, 1.807) is 7.11 Å². The average Bonchev–Trinajstić information content (AvgIpc) is 2.45. The van der Waals surface area contributed by atoms with Crippen molar-refractivity contribution in [3.63, 3.8) is 0 Å². The predicted octanol–water partition coefficient (Wildman–Crippen LogP) is 3.81. The molecule has 0 aliphatic rings. The summed E-state index contributed by atoms with van der Waals surface area (Å²) in [4.78, 5) is 2.49. The van der Waals surface area contributed by atoms with E-state index in [1.165, 1.54) is 11.3 Å². The minimum atomic E-state index is 0.557. The molecule has 0 amide bonds. The van der Waals surface area contributed by atoms with Crippen LogP contribution in [0, 0.1) is 0 Å². The molecule has 1 aromatic rings. The highest BCUT2D eigenvalue weighted by atomic mass is 79.9. The topological polar surface area (TPSA) is 24.5 Å². The first-order valence-electron chi connectivity index (χ1n) is 7.36. The molecule has 0 aromatic heterocycles. The van der Waals surface area contributed by atoms with Crippen LogP contribution in [-0.4, -0.2) is 33.4 Å². The van der Waals surface area contributed by atoms with Crippen molar-refractivity contribution in [1.29, 1.82) is 0 Å². The number of anilines is 1. The van der Waals surface area contributed by atoms with Gasteiger partial charge in [0, 0.05) is 36.4 Å². The number of ether oxygens (including phenoxy) is 1. The number of benzene rings is 1. The number of nitrogens with zero attached hydrogens (tertiary/aromatic N) is 1. The first-order chi connectivity index (χ1) is 9.67. The zero-order chi connectivity index (χ0) is 15.0. The molecule has 0 aliphatic heterocycles. The SMILES string of the molecule is CCC(CC)N(CCOC)c1ccc(Br)cc1CNC. The molecule has 20 heavy (non-hydrogen) atoms. The Morgan fingerprint density at radius 3 is 2.55 bits per heavy atom. The molecule has 3 nitrogen and oxygen atoms in total. The third-order valence-electron chi connectivity index (χ3n) is 3.64. The van der Waals surface area contributed by atoms with Crippen LogP contribution in [-0.2, 0) is 11.3 Å². The maximum absolute atomic E-state index is 5.29. The third-order valence-corrected chi connectivity index (χ3v) is 4.13. The molecule has 0 unspecified atom stereocenters. The Labute approximate surface area is 131 Å². The van der Waals surface area contributed by atoms with E-state index in [-0.39, 0.29) is 0 Å². The van der Waals surface area contributed by atoms with Crippen LogP contribution >= 0.6 is 15.9 Å². The third kappa shape index (κ3) is 4.76. The van der Waals surface area contributed by atoms with Gasteiger partial charge in [-0.2, -0.15) is 0 Å².